The summed E-state index contributed by atoms with van der Waals surface area (Å²) in [4.78, 5) is 2.75. The molecule has 0 amide bonds. The van der Waals surface area contributed by atoms with Crippen LogP contribution in [-0.4, -0.2) is 30.6 Å². The summed E-state index contributed by atoms with van der Waals surface area (Å²) >= 11 is 0. The van der Waals surface area contributed by atoms with Gasteiger partial charge in [-0.25, -0.2) is 0 Å². The highest BCUT2D eigenvalue weighted by Crippen LogP contribution is 2.23. The first-order valence-corrected chi connectivity index (χ1v) is 8.11. The molecule has 2 N–H and O–H groups in total. The van der Waals surface area contributed by atoms with Crippen molar-refractivity contribution in [1.82, 2.24) is 4.90 Å². The molecule has 1 saturated heterocycles. The quantitative estimate of drug-likeness (QED) is 0.716. The van der Waals surface area contributed by atoms with Crippen molar-refractivity contribution in [1.29, 1.82) is 0 Å². The Kier molecular flexibility index (Phi) is 7.92. The maximum absolute atomic E-state index is 5.91. The number of nitrogens with zero attached hydrogens (tertiary/aromatic N) is 1. The largest absolute Gasteiger partial charge is 0.330 e. The SMILES string of the molecule is CCCC1CCCCN1CCC(CN)CC(C)C. The van der Waals surface area contributed by atoms with Gasteiger partial charge < -0.3 is 10.6 Å². The molecule has 0 aromatic carbocycles. The molecule has 2 atom stereocenters. The fourth-order valence-corrected chi connectivity index (χ4v) is 3.36. The van der Waals surface area contributed by atoms with E-state index < -0.39 is 0 Å². The van der Waals surface area contributed by atoms with Gasteiger partial charge in [0.05, 0.1) is 0 Å². The lowest BCUT2D eigenvalue weighted by molar-refractivity contribution is 0.129. The Labute approximate surface area is 114 Å². The molecule has 0 spiro atoms. The lowest BCUT2D eigenvalue weighted by Crippen LogP contribution is -2.40. The first-order valence-electron chi connectivity index (χ1n) is 8.11. The lowest BCUT2D eigenvalue weighted by Gasteiger charge is -2.36. The highest BCUT2D eigenvalue weighted by molar-refractivity contribution is 4.77. The summed E-state index contributed by atoms with van der Waals surface area (Å²) in [6, 6.07) is 0.862. The van der Waals surface area contributed by atoms with Crippen molar-refractivity contribution in [3.05, 3.63) is 0 Å². The van der Waals surface area contributed by atoms with Gasteiger partial charge in [0.1, 0.15) is 0 Å². The molecule has 0 saturated carbocycles. The van der Waals surface area contributed by atoms with Gasteiger partial charge in [-0.15, -0.1) is 0 Å². The van der Waals surface area contributed by atoms with E-state index in [4.69, 9.17) is 5.73 Å². The van der Waals surface area contributed by atoms with Gasteiger partial charge in [0.2, 0.25) is 0 Å². The predicted molar refractivity (Wildman–Crippen MR) is 80.7 cm³/mol. The average molecular weight is 254 g/mol. The van der Waals surface area contributed by atoms with E-state index in [2.05, 4.69) is 25.7 Å². The normalized spacial score (nSPS) is 23.5. The molecule has 1 fully saturated rings. The molecular formula is C16H34N2. The van der Waals surface area contributed by atoms with Gasteiger partial charge in [-0.1, -0.05) is 33.6 Å². The van der Waals surface area contributed by atoms with E-state index in [1.165, 1.54) is 58.0 Å². The summed E-state index contributed by atoms with van der Waals surface area (Å²) in [5.74, 6) is 1.51. The van der Waals surface area contributed by atoms with E-state index in [1.807, 2.05) is 0 Å². The first kappa shape index (κ1) is 16.0. The molecule has 108 valence electrons. The van der Waals surface area contributed by atoms with E-state index in [0.717, 1.165) is 24.4 Å². The van der Waals surface area contributed by atoms with Crippen LogP contribution in [0.15, 0.2) is 0 Å². The zero-order valence-corrected chi connectivity index (χ0v) is 12.8. The number of piperidine rings is 1. The summed E-state index contributed by atoms with van der Waals surface area (Å²) in [6.07, 6.45) is 9.57. The number of rotatable bonds is 8. The Hall–Kier alpha value is -0.0800. The van der Waals surface area contributed by atoms with Crippen molar-refractivity contribution in [2.45, 2.75) is 71.8 Å². The van der Waals surface area contributed by atoms with Gasteiger partial charge in [-0.05, 0) is 63.6 Å². The lowest BCUT2D eigenvalue weighted by atomic mass is 9.92. The second-order valence-electron chi connectivity index (χ2n) is 6.49. The van der Waals surface area contributed by atoms with Crippen LogP contribution >= 0.6 is 0 Å². The fraction of sp³-hybridized carbons (Fsp3) is 1.00. The van der Waals surface area contributed by atoms with Crippen LogP contribution < -0.4 is 5.73 Å². The van der Waals surface area contributed by atoms with Crippen LogP contribution in [-0.2, 0) is 0 Å². The topological polar surface area (TPSA) is 29.3 Å². The van der Waals surface area contributed by atoms with Crippen molar-refractivity contribution in [2.75, 3.05) is 19.6 Å². The molecule has 2 nitrogen and oxygen atoms in total. The van der Waals surface area contributed by atoms with Crippen LogP contribution in [0.2, 0.25) is 0 Å². The fourth-order valence-electron chi connectivity index (χ4n) is 3.36. The molecule has 0 aromatic heterocycles. The van der Waals surface area contributed by atoms with E-state index >= 15 is 0 Å². The van der Waals surface area contributed by atoms with Gasteiger partial charge in [0, 0.05) is 6.04 Å². The molecule has 2 unspecified atom stereocenters. The maximum Gasteiger partial charge on any atom is 0.00951 e. The predicted octanol–water partition coefficient (Wildman–Crippen LogP) is 3.65. The minimum atomic E-state index is 0.731. The van der Waals surface area contributed by atoms with E-state index in [9.17, 15) is 0 Å². The molecule has 0 bridgehead atoms. The van der Waals surface area contributed by atoms with Crippen molar-refractivity contribution >= 4 is 0 Å². The minimum absolute atomic E-state index is 0.731. The third kappa shape index (κ3) is 5.71. The Morgan fingerprint density at radius 2 is 2.06 bits per heavy atom. The van der Waals surface area contributed by atoms with Crippen molar-refractivity contribution in [2.24, 2.45) is 17.6 Å². The van der Waals surface area contributed by atoms with Gasteiger partial charge >= 0.3 is 0 Å². The second kappa shape index (κ2) is 8.92. The van der Waals surface area contributed by atoms with Gasteiger partial charge in [-0.2, -0.15) is 0 Å². The molecule has 1 aliphatic rings. The van der Waals surface area contributed by atoms with E-state index in [0.29, 0.717) is 0 Å². The van der Waals surface area contributed by atoms with Crippen molar-refractivity contribution in [3.8, 4) is 0 Å². The Bertz CT molecular complexity index is 201. The summed E-state index contributed by atoms with van der Waals surface area (Å²) in [5, 5.41) is 0. The number of likely N-dealkylation sites (tertiary alicyclic amines) is 1. The van der Waals surface area contributed by atoms with Crippen LogP contribution in [0.1, 0.15) is 65.7 Å². The molecule has 1 rings (SSSR count). The van der Waals surface area contributed by atoms with Crippen molar-refractivity contribution < 1.29 is 0 Å². The van der Waals surface area contributed by atoms with Crippen LogP contribution in [0, 0.1) is 11.8 Å². The molecule has 1 aliphatic heterocycles. The van der Waals surface area contributed by atoms with E-state index in [1.54, 1.807) is 0 Å². The van der Waals surface area contributed by atoms with Crippen LogP contribution in [0.25, 0.3) is 0 Å². The summed E-state index contributed by atoms with van der Waals surface area (Å²) in [6.45, 7) is 10.4. The molecule has 0 aromatic rings. The van der Waals surface area contributed by atoms with Crippen LogP contribution in [0.5, 0.6) is 0 Å². The highest BCUT2D eigenvalue weighted by atomic mass is 15.2. The number of hydrogen-bond acceptors (Lipinski definition) is 2. The highest BCUT2D eigenvalue weighted by Gasteiger charge is 2.22. The van der Waals surface area contributed by atoms with Crippen molar-refractivity contribution in [3.63, 3.8) is 0 Å². The monoisotopic (exact) mass is 254 g/mol. The third-order valence-corrected chi connectivity index (χ3v) is 4.33. The Morgan fingerprint density at radius 3 is 2.67 bits per heavy atom. The van der Waals surface area contributed by atoms with Crippen LogP contribution in [0.3, 0.4) is 0 Å². The Balaban J connectivity index is 2.33. The molecular weight excluding hydrogens is 220 g/mol. The molecule has 1 heterocycles. The average Bonchev–Trinajstić information content (AvgIpc) is 2.36. The molecule has 0 radical (unpaired) electrons. The smallest absolute Gasteiger partial charge is 0.00951 e. The zero-order chi connectivity index (χ0) is 13.4. The Morgan fingerprint density at radius 1 is 1.28 bits per heavy atom. The zero-order valence-electron chi connectivity index (χ0n) is 12.8. The number of nitrogens with two attached hydrogens (primary N) is 1. The standard InChI is InChI=1S/C16H34N2/c1-4-7-16-8-5-6-10-18(16)11-9-15(13-17)12-14(2)3/h14-16H,4-13,17H2,1-3H3. The minimum Gasteiger partial charge on any atom is -0.330 e. The molecule has 2 heteroatoms. The van der Waals surface area contributed by atoms with E-state index in [-0.39, 0.29) is 0 Å². The second-order valence-corrected chi connectivity index (χ2v) is 6.49. The third-order valence-electron chi connectivity index (χ3n) is 4.33. The van der Waals surface area contributed by atoms with Gasteiger partial charge in [0.25, 0.3) is 0 Å². The van der Waals surface area contributed by atoms with Crippen LogP contribution in [0.4, 0.5) is 0 Å². The number of hydrogen-bond donors (Lipinski definition) is 1. The van der Waals surface area contributed by atoms with Gasteiger partial charge in [-0.3, -0.25) is 0 Å². The van der Waals surface area contributed by atoms with Gasteiger partial charge in [0.15, 0.2) is 0 Å². The first-order chi connectivity index (χ1) is 8.67. The summed E-state index contributed by atoms with van der Waals surface area (Å²) < 4.78 is 0. The molecule has 0 aliphatic carbocycles. The molecule has 18 heavy (non-hydrogen) atoms. The summed E-state index contributed by atoms with van der Waals surface area (Å²) in [5.41, 5.74) is 5.91. The maximum atomic E-state index is 5.91. The summed E-state index contributed by atoms with van der Waals surface area (Å²) in [7, 11) is 0.